The maximum Gasteiger partial charge on any atom is 0.201 e. The van der Waals surface area contributed by atoms with Gasteiger partial charge < -0.3 is 0 Å². The van der Waals surface area contributed by atoms with Crippen molar-refractivity contribution in [3.63, 3.8) is 0 Å². The maximum atomic E-state index is 11.2. The summed E-state index contributed by atoms with van der Waals surface area (Å²) in [4.78, 5) is 22.7. The Morgan fingerprint density at radius 2 is 1.79 bits per heavy atom. The van der Waals surface area contributed by atoms with Crippen molar-refractivity contribution in [1.29, 1.82) is 0 Å². The second-order valence-electron chi connectivity index (χ2n) is 2.67. The van der Waals surface area contributed by atoms with E-state index in [1.165, 1.54) is 6.92 Å². The average Bonchev–Trinajstić information content (AvgIpc) is 2.04. The van der Waals surface area contributed by atoms with E-state index < -0.39 is 0 Å². The Morgan fingerprint density at radius 3 is 2.29 bits per heavy atom. The molecule has 0 aliphatic rings. The minimum atomic E-state index is -0.0984. The molecular weight excluding hydrogens is 328 g/mol. The first kappa shape index (κ1) is 14.3. The Kier molecular flexibility index (Phi) is 7.68. The molecule has 1 aromatic carbocycles. The molecule has 0 aromatic heterocycles. The smallest absolute Gasteiger partial charge is 0.201 e. The number of thioether (sulfide) groups is 1. The van der Waals surface area contributed by atoms with Gasteiger partial charge in [0.05, 0.1) is 6.42 Å². The van der Waals surface area contributed by atoms with Crippen molar-refractivity contribution in [2.24, 2.45) is 0 Å². The fourth-order valence-corrected chi connectivity index (χ4v) is 1.69. The Bertz CT molecular complexity index is 311. The minimum Gasteiger partial charge on any atom is -0.300 e. The van der Waals surface area contributed by atoms with Gasteiger partial charge in [-0.25, -0.2) is 0 Å². The van der Waals surface area contributed by atoms with E-state index in [2.05, 4.69) is 0 Å². The molecule has 0 heterocycles. The van der Waals surface area contributed by atoms with Crippen LogP contribution in [0, 0.1) is 40.8 Å². The third-order valence-electron chi connectivity index (χ3n) is 1.37. The molecule has 0 fully saturated rings. The number of carbonyl (C=O) groups is 2. The van der Waals surface area contributed by atoms with E-state index in [1.807, 2.05) is 30.3 Å². The van der Waals surface area contributed by atoms with Crippen molar-refractivity contribution in [2.75, 3.05) is 0 Å². The first-order valence-electron chi connectivity index (χ1n) is 3.93. The molecule has 0 saturated carbocycles. The van der Waals surface area contributed by atoms with Gasteiger partial charge in [-0.05, 0) is 19.1 Å². The predicted molar refractivity (Wildman–Crippen MR) is 52.6 cm³/mol. The molecule has 2 nitrogen and oxygen atoms in total. The summed E-state index contributed by atoms with van der Waals surface area (Å²) in [5.41, 5.74) is 0. The quantitative estimate of drug-likeness (QED) is 0.626. The van der Waals surface area contributed by atoms with Gasteiger partial charge in [-0.3, -0.25) is 9.59 Å². The number of rotatable bonds is 3. The normalized spacial score (nSPS) is 8.93. The molecule has 0 saturated heterocycles. The van der Waals surface area contributed by atoms with Crippen LogP contribution in [-0.4, -0.2) is 10.9 Å². The third-order valence-corrected chi connectivity index (χ3v) is 2.25. The zero-order valence-electron chi connectivity index (χ0n) is 7.82. The summed E-state index contributed by atoms with van der Waals surface area (Å²) in [5.74, 6) is -0.0894. The van der Waals surface area contributed by atoms with E-state index in [1.54, 1.807) is 0 Å². The van der Waals surface area contributed by atoms with E-state index in [0.717, 1.165) is 16.7 Å². The molecule has 0 aliphatic heterocycles. The minimum absolute atomic E-state index is 0. The average molecular weight is 338 g/mol. The number of carbonyl (C=O) groups excluding carboxylic acids is 2. The molecule has 0 N–H and O–H groups in total. The van der Waals surface area contributed by atoms with Crippen molar-refractivity contribution in [3.05, 3.63) is 30.3 Å². The Morgan fingerprint density at radius 1 is 1.21 bits per heavy atom. The van der Waals surface area contributed by atoms with E-state index in [4.69, 9.17) is 0 Å². The number of Topliss-reactive ketones (excluding diaryl/α,β-unsaturated/α-hetero) is 1. The first-order valence-corrected chi connectivity index (χ1v) is 4.75. The summed E-state index contributed by atoms with van der Waals surface area (Å²) >= 11 is 1.11. The van der Waals surface area contributed by atoms with E-state index in [9.17, 15) is 9.59 Å². The van der Waals surface area contributed by atoms with Crippen molar-refractivity contribution in [3.8, 4) is 0 Å². The van der Waals surface area contributed by atoms with E-state index in [-0.39, 0.29) is 58.2 Å². The molecule has 1 aromatic rings. The van der Waals surface area contributed by atoms with Crippen molar-refractivity contribution >= 4 is 22.7 Å². The van der Waals surface area contributed by atoms with Crippen molar-refractivity contribution in [2.45, 2.75) is 18.2 Å². The molecule has 0 spiro atoms. The van der Waals surface area contributed by atoms with Crippen LogP contribution >= 0.6 is 11.8 Å². The van der Waals surface area contributed by atoms with Crippen LogP contribution in [0.1, 0.15) is 13.3 Å². The largest absolute Gasteiger partial charge is 0.300 e. The molecule has 14 heavy (non-hydrogen) atoms. The number of hydrogen-bond donors (Lipinski definition) is 0. The van der Waals surface area contributed by atoms with Crippen LogP contribution in [0.15, 0.2) is 35.2 Å². The van der Waals surface area contributed by atoms with Gasteiger partial charge in [0, 0.05) is 45.7 Å². The topological polar surface area (TPSA) is 34.1 Å². The van der Waals surface area contributed by atoms with Gasteiger partial charge in [-0.15, -0.1) is 0 Å². The van der Waals surface area contributed by atoms with Crippen LogP contribution in [0.3, 0.4) is 0 Å². The second-order valence-corrected chi connectivity index (χ2v) is 3.80. The van der Waals surface area contributed by atoms with Gasteiger partial charge in [0.1, 0.15) is 5.78 Å². The Balaban J connectivity index is 0.00000169. The molecule has 0 amide bonds. The van der Waals surface area contributed by atoms with Crippen LogP contribution in [0.25, 0.3) is 0 Å². The Labute approximate surface area is 120 Å². The van der Waals surface area contributed by atoms with Crippen molar-refractivity contribution in [1.82, 2.24) is 0 Å². The number of hydrogen-bond acceptors (Lipinski definition) is 3. The molecule has 0 atom stereocenters. The van der Waals surface area contributed by atoms with E-state index >= 15 is 0 Å². The zero-order valence-corrected chi connectivity index (χ0v) is 11.8. The number of ketones is 1. The molecule has 0 radical (unpaired) electrons. The van der Waals surface area contributed by atoms with Gasteiger partial charge in [0.25, 0.3) is 0 Å². The van der Waals surface area contributed by atoms with Gasteiger partial charge >= 0.3 is 0 Å². The molecule has 4 heteroatoms. The summed E-state index contributed by atoms with van der Waals surface area (Å²) in [7, 11) is 0. The third kappa shape index (κ3) is 5.88. The van der Waals surface area contributed by atoms with Crippen LogP contribution in [-0.2, 0) is 9.59 Å². The fourth-order valence-electron chi connectivity index (χ4n) is 0.859. The maximum absolute atomic E-state index is 11.2. The standard InChI is InChI=1S/C10H10O2S.Nd/c1-8(11)7-10(12)13-9-5-3-2-4-6-9;/h2-6H,7H2,1H3;. The number of benzene rings is 1. The molecule has 0 unspecified atom stereocenters. The van der Waals surface area contributed by atoms with Crippen LogP contribution in [0.5, 0.6) is 0 Å². The second kappa shape index (κ2) is 7.54. The molecule has 72 valence electrons. The van der Waals surface area contributed by atoms with Gasteiger partial charge in [-0.2, -0.15) is 0 Å². The fraction of sp³-hybridized carbons (Fsp3) is 0.200. The van der Waals surface area contributed by atoms with Crippen LogP contribution in [0.4, 0.5) is 0 Å². The van der Waals surface area contributed by atoms with Gasteiger partial charge in [0.2, 0.25) is 5.12 Å². The van der Waals surface area contributed by atoms with Crippen molar-refractivity contribution < 1.29 is 50.4 Å². The summed E-state index contributed by atoms with van der Waals surface area (Å²) < 4.78 is 0. The summed E-state index contributed by atoms with van der Waals surface area (Å²) in [5, 5.41) is -0.0984. The van der Waals surface area contributed by atoms with Crippen LogP contribution < -0.4 is 0 Å². The van der Waals surface area contributed by atoms with Gasteiger partial charge in [-0.1, -0.05) is 30.0 Å². The summed E-state index contributed by atoms with van der Waals surface area (Å²) in [6, 6.07) is 9.32. The first-order chi connectivity index (χ1) is 6.18. The molecule has 0 aliphatic carbocycles. The SMILES string of the molecule is CC(=O)CC(=O)Sc1ccccc1.[Nd]. The molecular formula is C10H10NdO2S. The monoisotopic (exact) mass is 336 g/mol. The van der Waals surface area contributed by atoms with Crippen LogP contribution in [0.2, 0.25) is 0 Å². The summed E-state index contributed by atoms with van der Waals surface area (Å²) in [6.07, 6.45) is 0.0135. The predicted octanol–water partition coefficient (Wildman–Crippen LogP) is 2.28. The van der Waals surface area contributed by atoms with Gasteiger partial charge in [0.15, 0.2) is 0 Å². The van der Waals surface area contributed by atoms with E-state index in [0.29, 0.717) is 0 Å². The Hall–Kier alpha value is 0.261. The molecule has 1 rings (SSSR count). The summed E-state index contributed by atoms with van der Waals surface area (Å²) in [6.45, 7) is 1.42. The molecule has 0 bridgehead atoms. The zero-order chi connectivity index (χ0) is 9.68.